The van der Waals surface area contributed by atoms with Crippen LogP contribution in [0.1, 0.15) is 25.3 Å². The molecule has 2 aromatic rings. The molecule has 2 heterocycles. The van der Waals surface area contributed by atoms with E-state index in [-0.39, 0.29) is 6.04 Å². The average Bonchev–Trinajstić information content (AvgIpc) is 2.78. The van der Waals surface area contributed by atoms with Crippen LogP contribution in [0.3, 0.4) is 0 Å². The molecule has 0 radical (unpaired) electrons. The van der Waals surface area contributed by atoms with Crippen LogP contribution in [-0.2, 0) is 0 Å². The van der Waals surface area contributed by atoms with E-state index in [0.717, 1.165) is 10.9 Å². The highest BCUT2D eigenvalue weighted by atomic mass is 79.9. The Balaban J connectivity index is 2.35. The highest BCUT2D eigenvalue weighted by Crippen LogP contribution is 2.24. The quantitative estimate of drug-likeness (QED) is 0.935. The fourth-order valence-electron chi connectivity index (χ4n) is 1.21. The smallest absolute Gasteiger partial charge is 0.243 e. The Bertz CT molecular complexity index is 485. The molecule has 6 heteroatoms. The summed E-state index contributed by atoms with van der Waals surface area (Å²) in [5.74, 6) is 0.890. The van der Waals surface area contributed by atoms with Crippen LogP contribution in [0.2, 0.25) is 0 Å². The van der Waals surface area contributed by atoms with Gasteiger partial charge in [-0.25, -0.2) is 0 Å². The Morgan fingerprint density at radius 1 is 1.56 bits per heavy atom. The van der Waals surface area contributed by atoms with E-state index in [9.17, 15) is 0 Å². The van der Waals surface area contributed by atoms with Crippen molar-refractivity contribution >= 4 is 15.9 Å². The third-order valence-corrected chi connectivity index (χ3v) is 2.81. The van der Waals surface area contributed by atoms with Crippen molar-refractivity contribution in [2.75, 3.05) is 0 Å². The van der Waals surface area contributed by atoms with Gasteiger partial charge in [0.15, 0.2) is 0 Å². The molecule has 5 nitrogen and oxygen atoms in total. The second-order valence-corrected chi connectivity index (χ2v) is 4.16. The molecule has 0 fully saturated rings. The summed E-state index contributed by atoms with van der Waals surface area (Å²) in [6.45, 7) is 1.96. The lowest BCUT2D eigenvalue weighted by Gasteiger charge is -1.99. The van der Waals surface area contributed by atoms with Gasteiger partial charge in [0.05, 0.1) is 6.04 Å². The van der Waals surface area contributed by atoms with Gasteiger partial charge in [0.25, 0.3) is 0 Å². The van der Waals surface area contributed by atoms with Crippen LogP contribution < -0.4 is 5.73 Å². The molecule has 0 aliphatic heterocycles. The van der Waals surface area contributed by atoms with Gasteiger partial charge in [-0.3, -0.25) is 4.98 Å². The molecule has 0 spiro atoms. The molecule has 2 rings (SSSR count). The molecule has 0 aliphatic carbocycles. The third-order valence-electron chi connectivity index (χ3n) is 2.17. The summed E-state index contributed by atoms with van der Waals surface area (Å²) in [5.41, 5.74) is 6.45. The maximum absolute atomic E-state index is 5.80. The summed E-state index contributed by atoms with van der Waals surface area (Å²) in [5, 5.41) is 3.86. The highest BCUT2D eigenvalue weighted by molar-refractivity contribution is 9.10. The number of halogens is 1. The molecule has 16 heavy (non-hydrogen) atoms. The SMILES string of the molecule is CC[C@H](N)c1nc(-c2ncccc2Br)no1. The molecule has 0 amide bonds. The van der Waals surface area contributed by atoms with Gasteiger partial charge < -0.3 is 10.3 Å². The van der Waals surface area contributed by atoms with E-state index in [1.807, 2.05) is 19.1 Å². The maximum atomic E-state index is 5.80. The molecule has 0 bridgehead atoms. The fourth-order valence-corrected chi connectivity index (χ4v) is 1.64. The maximum Gasteiger partial charge on any atom is 0.243 e. The van der Waals surface area contributed by atoms with E-state index < -0.39 is 0 Å². The molecule has 2 aromatic heterocycles. The summed E-state index contributed by atoms with van der Waals surface area (Å²) in [6.07, 6.45) is 2.43. The standard InChI is InChI=1S/C10H11BrN4O/c1-2-7(12)10-14-9(15-16-10)8-6(11)4-3-5-13-8/h3-5,7H,2,12H2,1H3/t7-/m0/s1. The number of nitrogens with zero attached hydrogens (tertiary/aromatic N) is 3. The Hall–Kier alpha value is -1.27. The number of aromatic nitrogens is 3. The van der Waals surface area contributed by atoms with Crippen molar-refractivity contribution < 1.29 is 4.52 Å². The van der Waals surface area contributed by atoms with Crippen LogP contribution in [0.4, 0.5) is 0 Å². The normalized spacial score (nSPS) is 12.7. The Morgan fingerprint density at radius 2 is 2.38 bits per heavy atom. The van der Waals surface area contributed by atoms with Crippen molar-refractivity contribution in [3.05, 3.63) is 28.7 Å². The molecular weight excluding hydrogens is 272 g/mol. The fraction of sp³-hybridized carbons (Fsp3) is 0.300. The lowest BCUT2D eigenvalue weighted by molar-refractivity contribution is 0.352. The van der Waals surface area contributed by atoms with Crippen molar-refractivity contribution in [2.45, 2.75) is 19.4 Å². The van der Waals surface area contributed by atoms with Gasteiger partial charge in [-0.2, -0.15) is 4.98 Å². The number of pyridine rings is 1. The third kappa shape index (κ3) is 2.12. The predicted molar refractivity (Wildman–Crippen MR) is 62.4 cm³/mol. The molecule has 1 atom stereocenters. The number of nitrogens with two attached hydrogens (primary N) is 1. The van der Waals surface area contributed by atoms with Crippen LogP contribution in [0.15, 0.2) is 27.3 Å². The van der Waals surface area contributed by atoms with Gasteiger partial charge in [-0.15, -0.1) is 0 Å². The molecule has 0 aliphatic rings. The van der Waals surface area contributed by atoms with E-state index in [2.05, 4.69) is 31.1 Å². The van der Waals surface area contributed by atoms with Crippen LogP contribution >= 0.6 is 15.9 Å². The predicted octanol–water partition coefficient (Wildman–Crippen LogP) is 2.30. The molecule has 0 saturated heterocycles. The first kappa shape index (κ1) is 11.2. The first-order valence-corrected chi connectivity index (χ1v) is 5.71. The van der Waals surface area contributed by atoms with Crippen LogP contribution in [-0.4, -0.2) is 15.1 Å². The van der Waals surface area contributed by atoms with Gasteiger partial charge in [0, 0.05) is 10.7 Å². The minimum Gasteiger partial charge on any atom is -0.337 e. The molecular formula is C10H11BrN4O. The number of rotatable bonds is 3. The van der Waals surface area contributed by atoms with Crippen molar-refractivity contribution in [3.63, 3.8) is 0 Å². The van der Waals surface area contributed by atoms with Gasteiger partial charge in [0.1, 0.15) is 5.69 Å². The van der Waals surface area contributed by atoms with Crippen molar-refractivity contribution in [3.8, 4) is 11.5 Å². The van der Waals surface area contributed by atoms with Crippen LogP contribution in [0.25, 0.3) is 11.5 Å². The summed E-state index contributed by atoms with van der Waals surface area (Å²) >= 11 is 3.38. The highest BCUT2D eigenvalue weighted by Gasteiger charge is 2.16. The van der Waals surface area contributed by atoms with E-state index in [4.69, 9.17) is 10.3 Å². The van der Waals surface area contributed by atoms with E-state index >= 15 is 0 Å². The number of hydrogen-bond acceptors (Lipinski definition) is 5. The first-order chi connectivity index (χ1) is 7.72. The monoisotopic (exact) mass is 282 g/mol. The van der Waals surface area contributed by atoms with Crippen molar-refractivity contribution in [1.29, 1.82) is 0 Å². The second-order valence-electron chi connectivity index (χ2n) is 3.30. The molecule has 2 N–H and O–H groups in total. The first-order valence-electron chi connectivity index (χ1n) is 4.92. The van der Waals surface area contributed by atoms with Crippen molar-refractivity contribution in [2.24, 2.45) is 5.73 Å². The van der Waals surface area contributed by atoms with E-state index in [1.54, 1.807) is 6.20 Å². The second kappa shape index (κ2) is 4.71. The van der Waals surface area contributed by atoms with Gasteiger partial charge in [-0.05, 0) is 34.5 Å². The topological polar surface area (TPSA) is 77.8 Å². The Kier molecular flexibility index (Phi) is 3.31. The Labute approximate surface area is 101 Å². The van der Waals surface area contributed by atoms with E-state index in [0.29, 0.717) is 17.4 Å². The average molecular weight is 283 g/mol. The lowest BCUT2D eigenvalue weighted by atomic mass is 10.2. The molecule has 0 aromatic carbocycles. The van der Waals surface area contributed by atoms with Gasteiger partial charge >= 0.3 is 0 Å². The minimum absolute atomic E-state index is 0.219. The van der Waals surface area contributed by atoms with Gasteiger partial charge in [0.2, 0.25) is 11.7 Å². The molecule has 84 valence electrons. The largest absolute Gasteiger partial charge is 0.337 e. The zero-order valence-corrected chi connectivity index (χ0v) is 10.3. The Morgan fingerprint density at radius 3 is 3.06 bits per heavy atom. The molecule has 0 saturated carbocycles. The summed E-state index contributed by atoms with van der Waals surface area (Å²) in [4.78, 5) is 8.39. The van der Waals surface area contributed by atoms with E-state index in [1.165, 1.54) is 0 Å². The minimum atomic E-state index is -0.219. The van der Waals surface area contributed by atoms with Crippen LogP contribution in [0.5, 0.6) is 0 Å². The summed E-state index contributed by atoms with van der Waals surface area (Å²) < 4.78 is 5.91. The van der Waals surface area contributed by atoms with Crippen LogP contribution in [0, 0.1) is 0 Å². The van der Waals surface area contributed by atoms with Gasteiger partial charge in [-0.1, -0.05) is 12.1 Å². The zero-order chi connectivity index (χ0) is 11.5. The lowest BCUT2D eigenvalue weighted by Crippen LogP contribution is -2.08. The van der Waals surface area contributed by atoms with Crippen molar-refractivity contribution in [1.82, 2.24) is 15.1 Å². The summed E-state index contributed by atoms with van der Waals surface area (Å²) in [6, 6.07) is 3.48. The number of hydrogen-bond donors (Lipinski definition) is 1. The summed E-state index contributed by atoms with van der Waals surface area (Å²) in [7, 11) is 0. The zero-order valence-electron chi connectivity index (χ0n) is 8.72. The molecule has 0 unspecified atom stereocenters.